The number of rotatable bonds is 10. The highest BCUT2D eigenvalue weighted by Gasteiger charge is 2.61. The van der Waals surface area contributed by atoms with Gasteiger partial charge in [-0.3, -0.25) is 9.59 Å². The van der Waals surface area contributed by atoms with Crippen molar-refractivity contribution >= 4 is 34.8 Å². The molecule has 2 fully saturated rings. The van der Waals surface area contributed by atoms with Gasteiger partial charge in [0.15, 0.2) is 0 Å². The number of aromatic nitrogens is 1. The number of alkyl carbamates (subject to hydrolysis) is 1. The van der Waals surface area contributed by atoms with E-state index in [1.807, 2.05) is 48.5 Å². The van der Waals surface area contributed by atoms with Gasteiger partial charge in [-0.05, 0) is 44.7 Å². The molecule has 1 saturated heterocycles. The van der Waals surface area contributed by atoms with Crippen LogP contribution in [0.15, 0.2) is 67.3 Å². The molecular formula is C38H46N4O8. The molecule has 3 N–H and O–H groups in total. The van der Waals surface area contributed by atoms with Crippen LogP contribution in [0, 0.1) is 11.3 Å². The lowest BCUT2D eigenvalue weighted by molar-refractivity contribution is -0.146. The third-order valence-electron chi connectivity index (χ3n) is 8.99. The Morgan fingerprint density at radius 2 is 1.76 bits per heavy atom. The zero-order valence-corrected chi connectivity index (χ0v) is 29.6. The summed E-state index contributed by atoms with van der Waals surface area (Å²) in [6, 6.07) is 14.7. The Morgan fingerprint density at radius 3 is 2.34 bits per heavy atom. The maximum atomic E-state index is 14.4. The van der Waals surface area contributed by atoms with Crippen LogP contribution in [0.5, 0.6) is 11.5 Å². The second-order valence-corrected chi connectivity index (χ2v) is 15.0. The third kappa shape index (κ3) is 7.69. The van der Waals surface area contributed by atoms with Gasteiger partial charge in [0.25, 0.3) is 0 Å². The number of hydrogen-bond donors (Lipinski definition) is 3. The molecule has 0 bridgehead atoms. The average molecular weight is 687 g/mol. The Hall–Kier alpha value is -5.13. The minimum Gasteiger partial charge on any atom is -0.497 e. The highest BCUT2D eigenvalue weighted by atomic mass is 16.6. The standard InChI is InChI=1S/C38H46N4O8/c1-9-23-20-38(23,34(45)46)41-32(43)29-18-25(21-42(29)33(44)31(36(2,3)4)40-35(47)50-37(5,6)7)49-30-19-27(22-13-11-10-12-14-22)39-28-17-24(48-8)15-16-26(28)30/h9-17,19,23,25,29,31H,1,18,20-21H2,2-8H3,(H,40,47)(H,41,43)(H,45,46)/t23?,25-,29+,31-,38-/m1/s1. The van der Waals surface area contributed by atoms with Crippen LogP contribution in [0.3, 0.4) is 0 Å². The van der Waals surface area contributed by atoms with Gasteiger partial charge >= 0.3 is 12.1 Å². The van der Waals surface area contributed by atoms with Gasteiger partial charge in [-0.25, -0.2) is 14.6 Å². The quantitative estimate of drug-likeness (QED) is 0.240. The fourth-order valence-corrected chi connectivity index (χ4v) is 6.27. The molecule has 266 valence electrons. The van der Waals surface area contributed by atoms with Crippen LogP contribution in [-0.4, -0.2) is 81.8 Å². The monoisotopic (exact) mass is 686 g/mol. The lowest BCUT2D eigenvalue weighted by Crippen LogP contribution is -2.59. The van der Waals surface area contributed by atoms with Gasteiger partial charge in [0, 0.05) is 35.4 Å². The average Bonchev–Trinajstić information content (AvgIpc) is 3.61. The van der Waals surface area contributed by atoms with Crippen molar-refractivity contribution in [3.05, 3.63) is 67.3 Å². The molecule has 5 atom stereocenters. The van der Waals surface area contributed by atoms with E-state index < -0.39 is 64.5 Å². The fraction of sp³-hybridized carbons (Fsp3) is 0.447. The molecule has 1 unspecified atom stereocenters. The molecule has 1 aromatic heterocycles. The first-order valence-electron chi connectivity index (χ1n) is 16.6. The minimum atomic E-state index is -1.50. The van der Waals surface area contributed by atoms with Gasteiger partial charge in [-0.2, -0.15) is 0 Å². The maximum absolute atomic E-state index is 14.4. The summed E-state index contributed by atoms with van der Waals surface area (Å²) in [5.41, 5.74) is -0.950. The number of benzene rings is 2. The lowest BCUT2D eigenvalue weighted by Gasteiger charge is -2.35. The number of hydrogen-bond acceptors (Lipinski definition) is 8. The zero-order valence-electron chi connectivity index (χ0n) is 29.6. The molecule has 0 spiro atoms. The van der Waals surface area contributed by atoms with Crippen molar-refractivity contribution in [1.29, 1.82) is 0 Å². The fourth-order valence-electron chi connectivity index (χ4n) is 6.27. The molecule has 1 aliphatic heterocycles. The van der Waals surface area contributed by atoms with Gasteiger partial charge in [-0.1, -0.05) is 57.2 Å². The summed E-state index contributed by atoms with van der Waals surface area (Å²) < 4.78 is 17.5. The molecule has 12 heteroatoms. The smallest absolute Gasteiger partial charge is 0.408 e. The second kappa shape index (κ2) is 13.6. The maximum Gasteiger partial charge on any atom is 0.408 e. The predicted octanol–water partition coefficient (Wildman–Crippen LogP) is 5.34. The molecule has 50 heavy (non-hydrogen) atoms. The highest BCUT2D eigenvalue weighted by Crippen LogP contribution is 2.45. The number of methoxy groups -OCH3 is 1. The van der Waals surface area contributed by atoms with Gasteiger partial charge in [0.1, 0.15) is 40.8 Å². The number of fused-ring (bicyclic) bond motifs is 1. The second-order valence-electron chi connectivity index (χ2n) is 15.0. The molecule has 3 amide bonds. The van der Waals surface area contributed by atoms with Crippen LogP contribution in [0.1, 0.15) is 54.4 Å². The Kier molecular flexibility index (Phi) is 9.87. The van der Waals surface area contributed by atoms with E-state index in [0.29, 0.717) is 28.1 Å². The van der Waals surface area contributed by atoms with Gasteiger partial charge in [0.2, 0.25) is 11.8 Å². The molecule has 2 aliphatic rings. The Labute approximate surface area is 292 Å². The van der Waals surface area contributed by atoms with Crippen molar-refractivity contribution in [2.45, 2.75) is 83.7 Å². The van der Waals surface area contributed by atoms with Crippen molar-refractivity contribution in [3.63, 3.8) is 0 Å². The summed E-state index contributed by atoms with van der Waals surface area (Å²) in [4.78, 5) is 59.8. The van der Waals surface area contributed by atoms with E-state index in [-0.39, 0.29) is 19.4 Å². The number of amides is 3. The van der Waals surface area contributed by atoms with Crippen LogP contribution in [0.4, 0.5) is 4.79 Å². The Morgan fingerprint density at radius 1 is 1.06 bits per heavy atom. The minimum absolute atomic E-state index is 0.00883. The number of pyridine rings is 1. The number of ether oxygens (including phenoxy) is 3. The number of nitrogens with zero attached hydrogens (tertiary/aromatic N) is 2. The Bertz CT molecular complexity index is 1800. The van der Waals surface area contributed by atoms with Gasteiger partial charge in [0.05, 0.1) is 24.9 Å². The van der Waals surface area contributed by atoms with Gasteiger partial charge in [-0.15, -0.1) is 6.58 Å². The highest BCUT2D eigenvalue weighted by molar-refractivity contribution is 5.96. The largest absolute Gasteiger partial charge is 0.497 e. The van der Waals surface area contributed by atoms with Crippen molar-refractivity contribution in [1.82, 2.24) is 20.5 Å². The summed E-state index contributed by atoms with van der Waals surface area (Å²) in [6.45, 7) is 14.3. The van der Waals surface area contributed by atoms with Crippen LogP contribution in [-0.2, 0) is 19.1 Å². The normalized spacial score (nSPS) is 22.3. The van der Waals surface area contributed by atoms with Crippen LogP contribution >= 0.6 is 0 Å². The van der Waals surface area contributed by atoms with Crippen molar-refractivity contribution < 1.29 is 38.5 Å². The number of carboxylic acid groups (broad SMARTS) is 1. The van der Waals surface area contributed by atoms with E-state index in [4.69, 9.17) is 19.2 Å². The molecule has 2 aromatic carbocycles. The van der Waals surface area contributed by atoms with Crippen LogP contribution < -0.4 is 20.1 Å². The van der Waals surface area contributed by atoms with E-state index in [1.54, 1.807) is 54.7 Å². The predicted molar refractivity (Wildman–Crippen MR) is 188 cm³/mol. The summed E-state index contributed by atoms with van der Waals surface area (Å²) >= 11 is 0. The van der Waals surface area contributed by atoms with E-state index >= 15 is 0 Å². The van der Waals surface area contributed by atoms with E-state index in [1.165, 1.54) is 11.0 Å². The third-order valence-corrected chi connectivity index (χ3v) is 8.99. The summed E-state index contributed by atoms with van der Waals surface area (Å²) in [7, 11) is 1.57. The topological polar surface area (TPSA) is 156 Å². The molecule has 0 radical (unpaired) electrons. The van der Waals surface area contributed by atoms with Crippen molar-refractivity contribution in [2.24, 2.45) is 11.3 Å². The number of aliphatic carboxylic acids is 1. The van der Waals surface area contributed by atoms with Crippen molar-refractivity contribution in [3.8, 4) is 22.8 Å². The number of carboxylic acids is 1. The van der Waals surface area contributed by atoms with Crippen molar-refractivity contribution in [2.75, 3.05) is 13.7 Å². The van der Waals surface area contributed by atoms with E-state index in [9.17, 15) is 24.3 Å². The number of likely N-dealkylation sites (tertiary alicyclic amines) is 1. The summed E-state index contributed by atoms with van der Waals surface area (Å²) in [6.07, 6.45) is 0.311. The Balaban J connectivity index is 1.51. The van der Waals surface area contributed by atoms with Crippen LogP contribution in [0.2, 0.25) is 0 Å². The lowest BCUT2D eigenvalue weighted by atomic mass is 9.85. The van der Waals surface area contributed by atoms with E-state index in [2.05, 4.69) is 17.2 Å². The molecular weight excluding hydrogens is 640 g/mol. The van der Waals surface area contributed by atoms with Crippen LogP contribution in [0.25, 0.3) is 22.2 Å². The molecule has 1 aliphatic carbocycles. The first-order chi connectivity index (χ1) is 23.5. The molecule has 3 aromatic rings. The molecule has 5 rings (SSSR count). The summed E-state index contributed by atoms with van der Waals surface area (Å²) in [5, 5.41) is 16.1. The van der Waals surface area contributed by atoms with E-state index in [0.717, 1.165) is 5.56 Å². The number of carbonyl (C=O) groups is 4. The number of carbonyl (C=O) groups excluding carboxylic acids is 3. The molecule has 1 saturated carbocycles. The SMILES string of the molecule is C=CC1C[C@]1(NC(=O)[C@@H]1C[C@@H](Oc2cc(-c3ccccc3)nc3cc(OC)ccc23)CN1C(=O)[C@@H](NC(=O)OC(C)(C)C)C(C)(C)C)C(=O)O. The first kappa shape index (κ1) is 36.2. The van der Waals surface area contributed by atoms with Gasteiger partial charge < -0.3 is 34.9 Å². The molecule has 2 heterocycles. The number of nitrogens with one attached hydrogen (secondary N) is 2. The zero-order chi connectivity index (χ0) is 36.6. The molecule has 12 nitrogen and oxygen atoms in total. The summed E-state index contributed by atoms with van der Waals surface area (Å²) in [5.74, 6) is -1.67. The first-order valence-corrected chi connectivity index (χ1v) is 16.6.